The van der Waals surface area contributed by atoms with E-state index in [2.05, 4.69) is 39.7 Å². The van der Waals surface area contributed by atoms with Crippen LogP contribution in [0, 0.1) is 6.92 Å². The van der Waals surface area contributed by atoms with Crippen LogP contribution in [0.1, 0.15) is 30.0 Å². The van der Waals surface area contributed by atoms with Gasteiger partial charge in [0.15, 0.2) is 5.82 Å². The van der Waals surface area contributed by atoms with Gasteiger partial charge >= 0.3 is 0 Å². The third-order valence-electron chi connectivity index (χ3n) is 3.22. The maximum absolute atomic E-state index is 5.40. The van der Waals surface area contributed by atoms with Crippen LogP contribution in [0.5, 0.6) is 0 Å². The Balaban J connectivity index is 1.95. The third-order valence-corrected chi connectivity index (χ3v) is 3.22. The van der Waals surface area contributed by atoms with Crippen molar-refractivity contribution < 1.29 is 0 Å². The van der Waals surface area contributed by atoms with Crippen molar-refractivity contribution in [1.29, 1.82) is 0 Å². The lowest BCUT2D eigenvalue weighted by molar-refractivity contribution is 1.09. The van der Waals surface area contributed by atoms with E-state index in [1.54, 1.807) is 0 Å². The van der Waals surface area contributed by atoms with E-state index in [4.69, 9.17) is 5.84 Å². The Hall–Kier alpha value is -1.94. The summed E-state index contributed by atoms with van der Waals surface area (Å²) in [6, 6.07) is 10.3. The predicted octanol–water partition coefficient (Wildman–Crippen LogP) is 2.62. The van der Waals surface area contributed by atoms with Crippen molar-refractivity contribution in [1.82, 2.24) is 9.97 Å². The Morgan fingerprint density at radius 2 is 1.89 bits per heavy atom. The van der Waals surface area contributed by atoms with E-state index < -0.39 is 0 Å². The Morgan fingerprint density at radius 1 is 1.17 bits per heavy atom. The third kappa shape index (κ3) is 2.19. The van der Waals surface area contributed by atoms with E-state index in [1.165, 1.54) is 18.4 Å². The van der Waals surface area contributed by atoms with E-state index in [0.717, 1.165) is 17.2 Å². The number of aromatic nitrogens is 2. The van der Waals surface area contributed by atoms with Gasteiger partial charge in [-0.15, -0.1) is 0 Å². The van der Waals surface area contributed by atoms with Crippen LogP contribution < -0.4 is 11.3 Å². The van der Waals surface area contributed by atoms with Crippen molar-refractivity contribution in [3.05, 3.63) is 41.6 Å². The normalized spacial score (nSPS) is 14.6. The topological polar surface area (TPSA) is 63.8 Å². The Labute approximate surface area is 106 Å². The molecule has 2 aromatic rings. The van der Waals surface area contributed by atoms with Crippen LogP contribution in [-0.2, 0) is 0 Å². The van der Waals surface area contributed by atoms with Gasteiger partial charge in [-0.3, -0.25) is 0 Å². The molecular weight excluding hydrogens is 224 g/mol. The summed E-state index contributed by atoms with van der Waals surface area (Å²) >= 11 is 0. The smallest absolute Gasteiger partial charge is 0.161 e. The molecule has 4 heteroatoms. The summed E-state index contributed by atoms with van der Waals surface area (Å²) in [6.45, 7) is 1.94. The number of nitrogen functional groups attached to an aromatic ring is 1. The second-order valence-electron chi connectivity index (χ2n) is 4.76. The summed E-state index contributed by atoms with van der Waals surface area (Å²) in [5.74, 6) is 7.53. The lowest BCUT2D eigenvalue weighted by Crippen LogP contribution is -2.09. The molecule has 1 aromatic heterocycles. The van der Waals surface area contributed by atoms with Gasteiger partial charge in [-0.25, -0.2) is 15.8 Å². The van der Waals surface area contributed by atoms with Crippen molar-refractivity contribution >= 4 is 5.82 Å². The first-order valence-corrected chi connectivity index (χ1v) is 6.19. The summed E-state index contributed by atoms with van der Waals surface area (Å²) in [6.07, 6.45) is 2.64. The van der Waals surface area contributed by atoms with Gasteiger partial charge in [-0.1, -0.05) is 24.3 Å². The first-order chi connectivity index (χ1) is 8.76. The SMILES string of the molecule is Cc1cc(NN)nc(-c2ccc(C3CC3)cc2)n1. The molecule has 3 N–H and O–H groups in total. The largest absolute Gasteiger partial charge is 0.308 e. The standard InChI is InChI=1S/C14H16N4/c1-9-8-13(18-15)17-14(16-9)12-6-4-11(5-7-12)10-2-3-10/h4-8,10H,2-3,15H2,1H3,(H,16,17,18). The molecule has 4 nitrogen and oxygen atoms in total. The van der Waals surface area contributed by atoms with Crippen LogP contribution >= 0.6 is 0 Å². The molecule has 0 bridgehead atoms. The minimum atomic E-state index is 0.642. The summed E-state index contributed by atoms with van der Waals surface area (Å²) in [5, 5.41) is 0. The predicted molar refractivity (Wildman–Crippen MR) is 72.0 cm³/mol. The summed E-state index contributed by atoms with van der Waals surface area (Å²) in [5.41, 5.74) is 5.92. The van der Waals surface area contributed by atoms with Crippen molar-refractivity contribution in [2.45, 2.75) is 25.7 Å². The van der Waals surface area contributed by atoms with E-state index in [9.17, 15) is 0 Å². The molecule has 0 amide bonds. The van der Waals surface area contributed by atoms with Crippen molar-refractivity contribution in [3.8, 4) is 11.4 Å². The van der Waals surface area contributed by atoms with Crippen LogP contribution in [0.25, 0.3) is 11.4 Å². The molecule has 92 valence electrons. The molecule has 1 aliphatic carbocycles. The fourth-order valence-electron chi connectivity index (χ4n) is 2.09. The van der Waals surface area contributed by atoms with Crippen LogP contribution in [-0.4, -0.2) is 9.97 Å². The zero-order valence-electron chi connectivity index (χ0n) is 10.4. The number of rotatable bonds is 3. The van der Waals surface area contributed by atoms with Gasteiger partial charge in [0, 0.05) is 17.3 Å². The maximum Gasteiger partial charge on any atom is 0.161 e. The number of aryl methyl sites for hydroxylation is 1. The van der Waals surface area contributed by atoms with Crippen LogP contribution in [0.2, 0.25) is 0 Å². The number of hydrazine groups is 1. The van der Waals surface area contributed by atoms with Crippen LogP contribution in [0.15, 0.2) is 30.3 Å². The minimum absolute atomic E-state index is 0.642. The van der Waals surface area contributed by atoms with Crippen LogP contribution in [0.3, 0.4) is 0 Å². The number of hydrogen-bond acceptors (Lipinski definition) is 4. The van der Waals surface area contributed by atoms with Crippen molar-refractivity contribution in [2.75, 3.05) is 5.43 Å². The molecule has 0 spiro atoms. The van der Waals surface area contributed by atoms with Crippen molar-refractivity contribution in [2.24, 2.45) is 5.84 Å². The highest BCUT2D eigenvalue weighted by Crippen LogP contribution is 2.40. The highest BCUT2D eigenvalue weighted by Gasteiger charge is 2.23. The first kappa shape index (κ1) is 11.2. The molecule has 1 aliphatic rings. The Kier molecular flexibility index (Phi) is 2.72. The molecule has 1 saturated carbocycles. The average Bonchev–Trinajstić information content (AvgIpc) is 3.22. The van der Waals surface area contributed by atoms with Gasteiger partial charge in [0.25, 0.3) is 0 Å². The number of nitrogens with two attached hydrogens (primary N) is 1. The minimum Gasteiger partial charge on any atom is -0.308 e. The molecule has 0 unspecified atom stereocenters. The lowest BCUT2D eigenvalue weighted by atomic mass is 10.1. The maximum atomic E-state index is 5.40. The lowest BCUT2D eigenvalue weighted by Gasteiger charge is -2.06. The van der Waals surface area contributed by atoms with Gasteiger partial charge < -0.3 is 5.43 Å². The summed E-state index contributed by atoms with van der Waals surface area (Å²) < 4.78 is 0. The van der Waals surface area contributed by atoms with Crippen LogP contribution in [0.4, 0.5) is 5.82 Å². The van der Waals surface area contributed by atoms with E-state index >= 15 is 0 Å². The highest BCUT2D eigenvalue weighted by molar-refractivity contribution is 5.58. The Morgan fingerprint density at radius 3 is 2.50 bits per heavy atom. The molecule has 1 fully saturated rings. The van der Waals surface area contributed by atoms with Crippen molar-refractivity contribution in [3.63, 3.8) is 0 Å². The number of nitrogens with zero attached hydrogens (tertiary/aromatic N) is 2. The Bertz CT molecular complexity index is 559. The zero-order valence-corrected chi connectivity index (χ0v) is 10.4. The molecule has 0 atom stereocenters. The van der Waals surface area contributed by atoms with Gasteiger partial charge in [0.2, 0.25) is 0 Å². The number of nitrogens with one attached hydrogen (secondary N) is 1. The quantitative estimate of drug-likeness (QED) is 0.639. The highest BCUT2D eigenvalue weighted by atomic mass is 15.3. The fourth-order valence-corrected chi connectivity index (χ4v) is 2.09. The molecule has 18 heavy (non-hydrogen) atoms. The monoisotopic (exact) mass is 240 g/mol. The number of hydrogen-bond donors (Lipinski definition) is 2. The van der Waals surface area contributed by atoms with Gasteiger partial charge in [0.1, 0.15) is 5.82 Å². The molecule has 1 heterocycles. The van der Waals surface area contributed by atoms with Gasteiger partial charge in [-0.2, -0.15) is 0 Å². The second-order valence-corrected chi connectivity index (χ2v) is 4.76. The number of anilines is 1. The van der Waals surface area contributed by atoms with E-state index in [-0.39, 0.29) is 0 Å². The second kappa shape index (κ2) is 4.38. The summed E-state index contributed by atoms with van der Waals surface area (Å²) in [7, 11) is 0. The van der Waals surface area contributed by atoms with E-state index in [1.807, 2.05) is 13.0 Å². The van der Waals surface area contributed by atoms with Gasteiger partial charge in [0.05, 0.1) is 0 Å². The zero-order chi connectivity index (χ0) is 12.5. The molecular formula is C14H16N4. The van der Waals surface area contributed by atoms with Gasteiger partial charge in [-0.05, 0) is 31.2 Å². The van der Waals surface area contributed by atoms with E-state index in [0.29, 0.717) is 11.6 Å². The molecule has 0 radical (unpaired) electrons. The molecule has 0 aliphatic heterocycles. The summed E-state index contributed by atoms with van der Waals surface area (Å²) in [4.78, 5) is 8.80. The molecule has 1 aromatic carbocycles. The molecule has 0 saturated heterocycles. The first-order valence-electron chi connectivity index (χ1n) is 6.19. The fraction of sp³-hybridized carbons (Fsp3) is 0.286. The average molecular weight is 240 g/mol. The number of benzene rings is 1. The molecule has 3 rings (SSSR count).